The summed E-state index contributed by atoms with van der Waals surface area (Å²) in [5.74, 6) is 0. The lowest BCUT2D eigenvalue weighted by atomic mass is 9.97. The van der Waals surface area contributed by atoms with Gasteiger partial charge in [-0.3, -0.25) is 0 Å². The molecule has 0 radical (unpaired) electrons. The zero-order valence-corrected chi connectivity index (χ0v) is 29.8. The molecule has 0 spiro atoms. The van der Waals surface area contributed by atoms with Crippen molar-refractivity contribution in [3.8, 4) is 0 Å². The van der Waals surface area contributed by atoms with Crippen molar-refractivity contribution in [1.82, 2.24) is 10.2 Å². The van der Waals surface area contributed by atoms with Gasteiger partial charge in [0, 0.05) is 34.2 Å². The second kappa shape index (κ2) is 13.6. The Balaban J connectivity index is 1.22. The van der Waals surface area contributed by atoms with Crippen molar-refractivity contribution in [3.05, 3.63) is 197 Å². The van der Waals surface area contributed by atoms with E-state index in [2.05, 4.69) is 178 Å². The molecular weight excluding hydrogens is 635 g/mol. The van der Waals surface area contributed by atoms with Crippen LogP contribution in [0.4, 0.5) is 22.7 Å². The molecule has 0 amide bonds. The average molecular weight is 680 g/mol. The van der Waals surface area contributed by atoms with Crippen LogP contribution in [0.25, 0.3) is 5.70 Å². The van der Waals surface area contributed by atoms with Crippen molar-refractivity contribution in [2.75, 3.05) is 15.1 Å². The number of rotatable bonds is 8. The summed E-state index contributed by atoms with van der Waals surface area (Å²) in [6, 6.07) is 35.1. The summed E-state index contributed by atoms with van der Waals surface area (Å²) in [6.07, 6.45) is 24.2. The monoisotopic (exact) mass is 679 g/mol. The number of allylic oxidation sites excluding steroid dienone is 11. The van der Waals surface area contributed by atoms with Crippen molar-refractivity contribution < 1.29 is 0 Å². The zero-order chi connectivity index (χ0) is 35.0. The number of anilines is 4. The number of fused-ring (bicyclic) bond motifs is 1. The Labute approximate surface area is 308 Å². The van der Waals surface area contributed by atoms with Crippen LogP contribution in [-0.2, 0) is 0 Å². The number of hydrogen-bond acceptors (Lipinski definition) is 5. The molecule has 2 unspecified atom stereocenters. The fourth-order valence-electron chi connectivity index (χ4n) is 8.36. The number of para-hydroxylation sites is 4. The molecule has 2 atom stereocenters. The number of benzene rings is 4. The van der Waals surface area contributed by atoms with Crippen LogP contribution in [0.15, 0.2) is 175 Å². The minimum absolute atomic E-state index is 0.0466. The van der Waals surface area contributed by atoms with Crippen LogP contribution in [-0.4, -0.2) is 4.90 Å². The highest BCUT2D eigenvalue weighted by molar-refractivity contribution is 5.88. The maximum absolute atomic E-state index is 4.88. The first-order valence-electron chi connectivity index (χ1n) is 18.7. The zero-order valence-electron chi connectivity index (χ0n) is 29.8. The molecule has 52 heavy (non-hydrogen) atoms. The fraction of sp³-hybridized carbons (Fsp3) is 0.191. The third-order valence-electron chi connectivity index (χ3n) is 10.9. The average Bonchev–Trinajstić information content (AvgIpc) is 3.79. The molecule has 0 fully saturated rings. The van der Waals surface area contributed by atoms with Gasteiger partial charge in [-0.15, -0.1) is 0 Å². The first-order valence-corrected chi connectivity index (χ1v) is 18.7. The molecule has 2 heterocycles. The van der Waals surface area contributed by atoms with Crippen LogP contribution in [0, 0.1) is 6.92 Å². The summed E-state index contributed by atoms with van der Waals surface area (Å²) in [5.41, 5.74) is 15.5. The van der Waals surface area contributed by atoms with Gasteiger partial charge < -0.3 is 25.3 Å². The Morgan fingerprint density at radius 1 is 0.692 bits per heavy atom. The van der Waals surface area contributed by atoms with E-state index in [4.69, 9.17) is 6.58 Å². The number of nitrogens with zero attached hydrogens (tertiary/aromatic N) is 3. The second-order valence-corrected chi connectivity index (χ2v) is 14.2. The van der Waals surface area contributed by atoms with Crippen LogP contribution < -0.4 is 20.4 Å². The van der Waals surface area contributed by atoms with Crippen molar-refractivity contribution in [3.63, 3.8) is 0 Å². The van der Waals surface area contributed by atoms with E-state index < -0.39 is 0 Å². The normalized spacial score (nSPS) is 20.2. The minimum Gasteiger partial charge on any atom is -0.363 e. The molecule has 2 aliphatic heterocycles. The number of hydrogen-bond donors (Lipinski definition) is 2. The van der Waals surface area contributed by atoms with E-state index in [-0.39, 0.29) is 12.3 Å². The van der Waals surface area contributed by atoms with E-state index in [1.165, 1.54) is 45.2 Å². The highest BCUT2D eigenvalue weighted by atomic mass is 15.3. The summed E-state index contributed by atoms with van der Waals surface area (Å²) >= 11 is 0. The topological polar surface area (TPSA) is 33.8 Å². The number of nitrogens with one attached hydrogen (secondary N) is 2. The van der Waals surface area contributed by atoms with Gasteiger partial charge in [-0.05, 0) is 134 Å². The van der Waals surface area contributed by atoms with Crippen molar-refractivity contribution in [1.29, 1.82) is 0 Å². The molecule has 3 aliphatic carbocycles. The van der Waals surface area contributed by atoms with Gasteiger partial charge in [-0.25, -0.2) is 0 Å². The molecule has 5 nitrogen and oxygen atoms in total. The lowest BCUT2D eigenvalue weighted by Gasteiger charge is -2.35. The SMILES string of the molecule is C=C(c1cc(C2NC3=C(C=CCC3)N2C2=CC=CCC2)cc(C2Nc3ccccc3N2C2=CC=CCC2)c1)N(c1ccccc1)c1ccccc1C. The quantitative estimate of drug-likeness (QED) is 0.194. The Morgan fingerprint density at radius 2 is 1.35 bits per heavy atom. The first kappa shape index (κ1) is 32.0. The Hall–Kier alpha value is -5.94. The first-order chi connectivity index (χ1) is 25.6. The summed E-state index contributed by atoms with van der Waals surface area (Å²) in [7, 11) is 0. The van der Waals surface area contributed by atoms with Crippen LogP contribution in [0.5, 0.6) is 0 Å². The molecular formula is C47H45N5. The van der Waals surface area contributed by atoms with Crippen LogP contribution >= 0.6 is 0 Å². The molecule has 5 heteroatoms. The molecule has 5 aliphatic rings. The molecule has 4 aromatic rings. The summed E-state index contributed by atoms with van der Waals surface area (Å²) < 4.78 is 0. The fourth-order valence-corrected chi connectivity index (χ4v) is 8.36. The minimum atomic E-state index is -0.0838. The Morgan fingerprint density at radius 3 is 2.08 bits per heavy atom. The third kappa shape index (κ3) is 5.76. The van der Waals surface area contributed by atoms with Gasteiger partial charge in [0.1, 0.15) is 12.3 Å². The highest BCUT2D eigenvalue weighted by Gasteiger charge is 2.37. The summed E-state index contributed by atoms with van der Waals surface area (Å²) in [4.78, 5) is 7.39. The molecule has 9 rings (SSSR count). The maximum Gasteiger partial charge on any atom is 0.130 e. The predicted molar refractivity (Wildman–Crippen MR) is 217 cm³/mol. The van der Waals surface area contributed by atoms with Gasteiger partial charge >= 0.3 is 0 Å². The molecule has 258 valence electrons. The second-order valence-electron chi connectivity index (χ2n) is 14.2. The highest BCUT2D eigenvalue weighted by Crippen LogP contribution is 2.47. The van der Waals surface area contributed by atoms with Gasteiger partial charge in [0.15, 0.2) is 0 Å². The smallest absolute Gasteiger partial charge is 0.130 e. The van der Waals surface area contributed by atoms with Crippen molar-refractivity contribution >= 4 is 28.4 Å². The molecule has 0 saturated heterocycles. The van der Waals surface area contributed by atoms with E-state index in [1.54, 1.807) is 0 Å². The molecule has 2 N–H and O–H groups in total. The molecule has 0 aromatic heterocycles. The van der Waals surface area contributed by atoms with E-state index in [0.717, 1.165) is 66.8 Å². The van der Waals surface area contributed by atoms with E-state index in [0.29, 0.717) is 0 Å². The van der Waals surface area contributed by atoms with Gasteiger partial charge in [-0.1, -0.05) is 85.5 Å². The molecule has 0 saturated carbocycles. The van der Waals surface area contributed by atoms with Crippen LogP contribution in [0.1, 0.15) is 73.1 Å². The summed E-state index contributed by atoms with van der Waals surface area (Å²) in [6.45, 7) is 7.06. The molecule has 4 aromatic carbocycles. The van der Waals surface area contributed by atoms with Gasteiger partial charge in [0.2, 0.25) is 0 Å². The predicted octanol–water partition coefficient (Wildman–Crippen LogP) is 11.7. The summed E-state index contributed by atoms with van der Waals surface area (Å²) in [5, 5.41) is 7.98. The maximum atomic E-state index is 4.88. The Bertz CT molecular complexity index is 2220. The van der Waals surface area contributed by atoms with Gasteiger partial charge in [0.05, 0.1) is 17.1 Å². The van der Waals surface area contributed by atoms with Gasteiger partial charge in [-0.2, -0.15) is 0 Å². The van der Waals surface area contributed by atoms with Crippen molar-refractivity contribution in [2.24, 2.45) is 0 Å². The van der Waals surface area contributed by atoms with E-state index in [9.17, 15) is 0 Å². The largest absolute Gasteiger partial charge is 0.363 e. The van der Waals surface area contributed by atoms with E-state index >= 15 is 0 Å². The third-order valence-corrected chi connectivity index (χ3v) is 10.9. The molecule has 0 bridgehead atoms. The standard InChI is InChI=1S/C47H45N5/c1-33-18-12-15-27-43(33)50(38-19-6-3-7-20-38)34(2)35-30-36(46-48-41-25-13-16-28-44(41)51(46)39-21-8-4-9-22-39)32-37(31-35)47-49-42-26-14-17-29-45(42)52(47)40-23-10-5-11-24-40/h3-8,10,12-13,15-21,23,25,27-32,46-49H,2,9,11,14,22,24,26H2,1H3. The van der Waals surface area contributed by atoms with Crippen LogP contribution in [0.2, 0.25) is 0 Å². The van der Waals surface area contributed by atoms with Crippen LogP contribution in [0.3, 0.4) is 0 Å². The van der Waals surface area contributed by atoms with E-state index in [1.807, 2.05) is 0 Å². The number of aryl methyl sites for hydroxylation is 1. The van der Waals surface area contributed by atoms with Gasteiger partial charge in [0.25, 0.3) is 0 Å². The van der Waals surface area contributed by atoms with Crippen molar-refractivity contribution in [2.45, 2.75) is 57.8 Å². The lowest BCUT2D eigenvalue weighted by molar-refractivity contribution is 0.321. The Kier molecular flexibility index (Phi) is 8.40. The lowest BCUT2D eigenvalue weighted by Crippen LogP contribution is -2.31.